The molecule has 4 heteroatoms. The minimum atomic E-state index is -0.924. The van der Waals surface area contributed by atoms with Gasteiger partial charge in [0.1, 0.15) is 0 Å². The van der Waals surface area contributed by atoms with Gasteiger partial charge in [-0.3, -0.25) is 0 Å². The molecule has 0 aliphatic carbocycles. The van der Waals surface area contributed by atoms with Gasteiger partial charge in [-0.05, 0) is 18.4 Å². The van der Waals surface area contributed by atoms with Crippen molar-refractivity contribution in [2.24, 2.45) is 0 Å². The molecule has 0 saturated heterocycles. The first-order chi connectivity index (χ1) is 5.70. The predicted molar refractivity (Wildman–Crippen MR) is 46.2 cm³/mol. The summed E-state index contributed by atoms with van der Waals surface area (Å²) in [5.41, 5.74) is 0. The zero-order valence-corrected chi connectivity index (χ0v) is 7.50. The maximum absolute atomic E-state index is 10.3. The monoisotopic (exact) mass is 186 g/mol. The van der Waals surface area contributed by atoms with E-state index in [2.05, 4.69) is 0 Å². The molecule has 0 fully saturated rings. The molecule has 1 aromatic rings. The first-order valence-corrected chi connectivity index (χ1v) is 4.45. The van der Waals surface area contributed by atoms with Crippen LogP contribution in [-0.2, 0) is 16.1 Å². The largest absolute Gasteiger partial charge is 0.479 e. The first kappa shape index (κ1) is 9.22. The van der Waals surface area contributed by atoms with Gasteiger partial charge in [0.25, 0.3) is 0 Å². The second-order valence-electron chi connectivity index (χ2n) is 2.37. The molecule has 1 heterocycles. The number of ether oxygens (including phenoxy) is 1. The van der Waals surface area contributed by atoms with Gasteiger partial charge in [-0.25, -0.2) is 4.79 Å². The summed E-state index contributed by atoms with van der Waals surface area (Å²) in [6.45, 7) is 1.90. The highest BCUT2D eigenvalue weighted by Crippen LogP contribution is 2.10. The fraction of sp³-hybridized carbons (Fsp3) is 0.375. The van der Waals surface area contributed by atoms with Crippen LogP contribution in [0.3, 0.4) is 0 Å². The Morgan fingerprint density at radius 1 is 1.83 bits per heavy atom. The summed E-state index contributed by atoms with van der Waals surface area (Å²) < 4.78 is 5.06. The molecule has 0 bridgehead atoms. The zero-order chi connectivity index (χ0) is 8.97. The number of carbonyl (C=O) groups is 1. The Morgan fingerprint density at radius 2 is 2.58 bits per heavy atom. The SMILES string of the molecule is C[C@@H](OCc1cccs1)C(=O)O. The second kappa shape index (κ2) is 4.23. The van der Waals surface area contributed by atoms with E-state index in [4.69, 9.17) is 9.84 Å². The third kappa shape index (κ3) is 2.64. The number of aliphatic carboxylic acids is 1. The van der Waals surface area contributed by atoms with Gasteiger partial charge in [0.2, 0.25) is 0 Å². The van der Waals surface area contributed by atoms with Gasteiger partial charge in [0, 0.05) is 4.88 Å². The van der Waals surface area contributed by atoms with E-state index < -0.39 is 12.1 Å². The molecule has 0 radical (unpaired) electrons. The van der Waals surface area contributed by atoms with Crippen molar-refractivity contribution in [2.45, 2.75) is 19.6 Å². The summed E-state index contributed by atoms with van der Waals surface area (Å²) in [4.78, 5) is 11.4. The van der Waals surface area contributed by atoms with Gasteiger partial charge < -0.3 is 9.84 Å². The number of hydrogen-bond acceptors (Lipinski definition) is 3. The lowest BCUT2D eigenvalue weighted by Crippen LogP contribution is -2.19. The lowest BCUT2D eigenvalue weighted by molar-refractivity contribution is -0.149. The highest BCUT2D eigenvalue weighted by molar-refractivity contribution is 7.09. The van der Waals surface area contributed by atoms with Crippen LogP contribution in [0.5, 0.6) is 0 Å². The highest BCUT2D eigenvalue weighted by Gasteiger charge is 2.10. The molecule has 0 spiro atoms. The van der Waals surface area contributed by atoms with Crippen LogP contribution >= 0.6 is 11.3 Å². The van der Waals surface area contributed by atoms with Crippen LogP contribution in [0.1, 0.15) is 11.8 Å². The molecule has 0 aromatic carbocycles. The maximum atomic E-state index is 10.3. The molecule has 12 heavy (non-hydrogen) atoms. The van der Waals surface area contributed by atoms with Crippen LogP contribution in [0.15, 0.2) is 17.5 Å². The van der Waals surface area contributed by atoms with Gasteiger partial charge in [-0.15, -0.1) is 11.3 Å². The second-order valence-corrected chi connectivity index (χ2v) is 3.40. The van der Waals surface area contributed by atoms with Gasteiger partial charge in [0.15, 0.2) is 6.10 Å². The molecule has 1 atom stereocenters. The summed E-state index contributed by atoms with van der Waals surface area (Å²) in [6, 6.07) is 3.83. The minimum absolute atomic E-state index is 0.380. The van der Waals surface area contributed by atoms with Crippen molar-refractivity contribution in [1.82, 2.24) is 0 Å². The van der Waals surface area contributed by atoms with Crippen molar-refractivity contribution in [2.75, 3.05) is 0 Å². The predicted octanol–water partition coefficient (Wildman–Crippen LogP) is 1.74. The minimum Gasteiger partial charge on any atom is -0.479 e. The number of carboxylic acid groups (broad SMARTS) is 1. The fourth-order valence-electron chi connectivity index (χ4n) is 0.673. The van der Waals surface area contributed by atoms with Gasteiger partial charge >= 0.3 is 5.97 Å². The smallest absolute Gasteiger partial charge is 0.332 e. The number of carboxylic acids is 1. The van der Waals surface area contributed by atoms with E-state index in [1.54, 1.807) is 11.3 Å². The van der Waals surface area contributed by atoms with E-state index in [0.717, 1.165) is 4.88 Å². The molecular formula is C8H10O3S. The Morgan fingerprint density at radius 3 is 3.08 bits per heavy atom. The maximum Gasteiger partial charge on any atom is 0.332 e. The summed E-state index contributed by atoms with van der Waals surface area (Å²) >= 11 is 1.56. The average Bonchev–Trinajstić information content (AvgIpc) is 2.51. The summed E-state index contributed by atoms with van der Waals surface area (Å²) in [6.07, 6.45) is -0.730. The normalized spacial score (nSPS) is 12.8. The Kier molecular flexibility index (Phi) is 3.25. The van der Waals surface area contributed by atoms with Crippen molar-refractivity contribution in [1.29, 1.82) is 0 Å². The van der Waals surface area contributed by atoms with E-state index in [1.165, 1.54) is 6.92 Å². The Bertz CT molecular complexity index is 243. The van der Waals surface area contributed by atoms with Crippen LogP contribution < -0.4 is 0 Å². The van der Waals surface area contributed by atoms with Crippen molar-refractivity contribution < 1.29 is 14.6 Å². The molecule has 66 valence electrons. The number of hydrogen-bond donors (Lipinski definition) is 1. The molecule has 1 rings (SSSR count). The molecular weight excluding hydrogens is 176 g/mol. The highest BCUT2D eigenvalue weighted by atomic mass is 32.1. The zero-order valence-electron chi connectivity index (χ0n) is 6.69. The third-order valence-corrected chi connectivity index (χ3v) is 2.25. The van der Waals surface area contributed by atoms with E-state index >= 15 is 0 Å². The Hall–Kier alpha value is -0.870. The average molecular weight is 186 g/mol. The molecule has 3 nitrogen and oxygen atoms in total. The van der Waals surface area contributed by atoms with Gasteiger partial charge in [-0.1, -0.05) is 6.07 Å². The number of thiophene rings is 1. The summed E-state index contributed by atoms with van der Waals surface area (Å²) in [5, 5.41) is 10.4. The van der Waals surface area contributed by atoms with Crippen molar-refractivity contribution in [3.05, 3.63) is 22.4 Å². The van der Waals surface area contributed by atoms with E-state index in [-0.39, 0.29) is 0 Å². The Balaban J connectivity index is 2.31. The van der Waals surface area contributed by atoms with Crippen LogP contribution in [0.25, 0.3) is 0 Å². The van der Waals surface area contributed by atoms with Crippen LogP contribution in [0.2, 0.25) is 0 Å². The van der Waals surface area contributed by atoms with Crippen molar-refractivity contribution >= 4 is 17.3 Å². The van der Waals surface area contributed by atoms with Crippen molar-refractivity contribution in [3.8, 4) is 0 Å². The standard InChI is InChI=1S/C8H10O3S/c1-6(8(9)10)11-5-7-3-2-4-12-7/h2-4,6H,5H2,1H3,(H,9,10)/t6-/m1/s1. The molecule has 0 unspecified atom stereocenters. The first-order valence-electron chi connectivity index (χ1n) is 3.57. The third-order valence-electron chi connectivity index (χ3n) is 1.40. The van der Waals surface area contributed by atoms with E-state index in [0.29, 0.717) is 6.61 Å². The Labute approximate surface area is 74.6 Å². The van der Waals surface area contributed by atoms with Gasteiger partial charge in [-0.2, -0.15) is 0 Å². The summed E-state index contributed by atoms with van der Waals surface area (Å²) in [5.74, 6) is -0.924. The quantitative estimate of drug-likeness (QED) is 0.779. The molecule has 0 saturated carbocycles. The number of rotatable bonds is 4. The molecule has 0 aliphatic rings. The topological polar surface area (TPSA) is 46.5 Å². The summed E-state index contributed by atoms with van der Waals surface area (Å²) in [7, 11) is 0. The lowest BCUT2D eigenvalue weighted by atomic mass is 10.4. The molecule has 0 amide bonds. The van der Waals surface area contributed by atoms with E-state index in [9.17, 15) is 4.79 Å². The van der Waals surface area contributed by atoms with Crippen molar-refractivity contribution in [3.63, 3.8) is 0 Å². The lowest BCUT2D eigenvalue weighted by Gasteiger charge is -2.05. The van der Waals surface area contributed by atoms with Gasteiger partial charge in [0.05, 0.1) is 6.61 Å². The fourth-order valence-corrected chi connectivity index (χ4v) is 1.30. The molecule has 1 aromatic heterocycles. The molecule has 0 aliphatic heterocycles. The van der Waals surface area contributed by atoms with Crippen LogP contribution in [0, 0.1) is 0 Å². The molecule has 1 N–H and O–H groups in total. The van der Waals surface area contributed by atoms with Crippen LogP contribution in [0.4, 0.5) is 0 Å². The van der Waals surface area contributed by atoms with E-state index in [1.807, 2.05) is 17.5 Å². The van der Waals surface area contributed by atoms with Crippen LogP contribution in [-0.4, -0.2) is 17.2 Å².